The largest absolute Gasteiger partial charge is 0.368 e. The van der Waals surface area contributed by atoms with Gasteiger partial charge < -0.3 is 19.3 Å². The molecule has 1 N–H and O–H groups in total. The number of nitrogens with one attached hydrogen (secondary N) is 1. The Bertz CT molecular complexity index is 1250. The van der Waals surface area contributed by atoms with Gasteiger partial charge in [-0.3, -0.25) is 14.0 Å². The van der Waals surface area contributed by atoms with Crippen molar-refractivity contribution in [1.29, 1.82) is 0 Å². The molecular weight excluding hydrogens is 479 g/mol. The molecule has 36 heavy (non-hydrogen) atoms. The fourth-order valence-corrected chi connectivity index (χ4v) is 7.13. The molecule has 2 saturated heterocycles. The number of carbonyl (C=O) groups excluding carboxylic acids is 1. The van der Waals surface area contributed by atoms with Crippen LogP contribution in [0.3, 0.4) is 0 Å². The number of rotatable bonds is 8. The predicted octanol–water partition coefficient (Wildman–Crippen LogP) is 4.21. The molecule has 2 aliphatic heterocycles. The molecule has 5 atom stereocenters. The monoisotopic (exact) mass is 513 g/mol. The number of hydrogen-bond acceptors (Lipinski definition) is 8. The number of hydrogen-bond donors (Lipinski definition) is 1. The molecular formula is C25H33N6O4P. The smallest absolute Gasteiger partial charge is 0.256 e. The molecule has 10 nitrogen and oxygen atoms in total. The average Bonchev–Trinajstić information content (AvgIpc) is 3.54. The van der Waals surface area contributed by atoms with E-state index in [1.54, 1.807) is 35.2 Å². The first-order chi connectivity index (χ1) is 17.8. The highest BCUT2D eigenvalue weighted by Crippen LogP contribution is 2.53. The van der Waals surface area contributed by atoms with Gasteiger partial charge in [-0.05, 0) is 53.4 Å². The van der Waals surface area contributed by atoms with E-state index in [0.29, 0.717) is 41.2 Å². The van der Waals surface area contributed by atoms with Crippen LogP contribution in [0.5, 0.6) is 0 Å². The van der Waals surface area contributed by atoms with Crippen LogP contribution in [-0.2, 0) is 14.0 Å². The summed E-state index contributed by atoms with van der Waals surface area (Å²) in [5.74, 6) is 0.0266. The third kappa shape index (κ3) is 4.41. The number of nitrogens with zero attached hydrogens (tertiary/aromatic N) is 5. The second-order valence-electron chi connectivity index (χ2n) is 9.77. The highest BCUT2D eigenvalue weighted by molar-refractivity contribution is 7.49. The Morgan fingerprint density at radius 3 is 2.69 bits per heavy atom. The highest BCUT2D eigenvalue weighted by atomic mass is 31.2. The van der Waals surface area contributed by atoms with Crippen LogP contribution in [0.1, 0.15) is 52.6 Å². The fourth-order valence-electron chi connectivity index (χ4n) is 5.08. The molecule has 4 heterocycles. The Kier molecular flexibility index (Phi) is 6.47. The van der Waals surface area contributed by atoms with Gasteiger partial charge >= 0.3 is 0 Å². The number of imidazole rings is 1. The van der Waals surface area contributed by atoms with Crippen molar-refractivity contribution in [1.82, 2.24) is 24.2 Å². The number of ether oxygens (including phenoxy) is 2. The number of aromatic nitrogens is 4. The molecule has 2 fully saturated rings. The molecule has 11 heteroatoms. The summed E-state index contributed by atoms with van der Waals surface area (Å²) in [6, 6.07) is 9.55. The van der Waals surface area contributed by atoms with Crippen LogP contribution in [0.15, 0.2) is 43.0 Å². The van der Waals surface area contributed by atoms with Gasteiger partial charge in [-0.2, -0.15) is 0 Å². The Balaban J connectivity index is 1.42. The lowest BCUT2D eigenvalue weighted by Crippen LogP contribution is -2.40. The zero-order valence-corrected chi connectivity index (χ0v) is 22.1. The van der Waals surface area contributed by atoms with Gasteiger partial charge in [0.2, 0.25) is 0 Å². The Morgan fingerprint density at radius 1 is 1.25 bits per heavy atom. The van der Waals surface area contributed by atoms with Crippen LogP contribution in [0.4, 0.5) is 5.82 Å². The van der Waals surface area contributed by atoms with E-state index in [1.807, 2.05) is 6.07 Å². The van der Waals surface area contributed by atoms with Crippen LogP contribution in [0.2, 0.25) is 0 Å². The summed E-state index contributed by atoms with van der Waals surface area (Å²) in [6.07, 6.45) is 1.60. The lowest BCUT2D eigenvalue weighted by atomic mass is 10.0. The lowest BCUT2D eigenvalue weighted by Gasteiger charge is -2.37. The van der Waals surface area contributed by atoms with E-state index in [1.165, 1.54) is 6.33 Å². The zero-order valence-electron chi connectivity index (χ0n) is 22.2. The Morgan fingerprint density at radius 2 is 2.00 bits per heavy atom. The first-order valence-electron chi connectivity index (χ1n) is 12.8. The second-order valence-corrected chi connectivity index (χ2v) is 11.4. The van der Waals surface area contributed by atoms with Gasteiger partial charge in [-0.25, -0.2) is 15.0 Å². The van der Waals surface area contributed by atoms with Crippen LogP contribution >= 0.6 is 8.30 Å². The molecule has 0 saturated carbocycles. The molecule has 2 aromatic heterocycles. The molecule has 2 bridgehead atoms. The highest BCUT2D eigenvalue weighted by Gasteiger charge is 2.61. The summed E-state index contributed by atoms with van der Waals surface area (Å²) in [4.78, 5) is 25.9. The number of benzene rings is 1. The second kappa shape index (κ2) is 9.76. The molecule has 5 rings (SSSR count). The van der Waals surface area contributed by atoms with Crippen molar-refractivity contribution < 1.29 is 20.2 Å². The maximum atomic E-state index is 12.7. The third-order valence-corrected chi connectivity index (χ3v) is 8.63. The summed E-state index contributed by atoms with van der Waals surface area (Å²) in [7, 11) is -0.941. The van der Waals surface area contributed by atoms with Gasteiger partial charge in [0.1, 0.15) is 32.4 Å². The molecule has 192 valence electrons. The first kappa shape index (κ1) is 23.9. The molecule has 0 spiro atoms. The van der Waals surface area contributed by atoms with Crippen molar-refractivity contribution >= 4 is 31.2 Å². The van der Waals surface area contributed by atoms with Gasteiger partial charge in [-0.1, -0.05) is 18.2 Å². The summed E-state index contributed by atoms with van der Waals surface area (Å²) in [6.45, 7) is 11.0. The molecule has 0 radical (unpaired) electrons. The molecule has 2 unspecified atom stereocenters. The number of carbonyl (C=O) groups is 1. The standard InChI is InChI=1S/C25H33N6O4P/c1-15(2)31(16(3)4)36(6)35-20-19-24(34-25(20,5)12-33-19)30-14-28-18-21(26-13-27-22(18)30)29-23(32)17-10-8-7-9-11-17/h7-11,13-16,19-20,24H,12H2,1-6H3,(H,26,27,29,32)/t19-,20?,24+,25+,36?/m0/s1/i5D. The molecule has 3 aromatic rings. The van der Waals surface area contributed by atoms with Crippen LogP contribution in [-0.4, -0.2) is 73.3 Å². The molecule has 1 aromatic carbocycles. The van der Waals surface area contributed by atoms with Gasteiger partial charge in [0.15, 0.2) is 23.2 Å². The van der Waals surface area contributed by atoms with Crippen LogP contribution in [0, 0.1) is 0 Å². The number of fused-ring (bicyclic) bond motifs is 3. The van der Waals surface area contributed by atoms with E-state index < -0.39 is 32.3 Å². The van der Waals surface area contributed by atoms with E-state index in [2.05, 4.69) is 59.3 Å². The van der Waals surface area contributed by atoms with Crippen molar-refractivity contribution in [2.75, 3.05) is 18.6 Å². The van der Waals surface area contributed by atoms with Crippen molar-refractivity contribution in [2.45, 2.75) is 70.7 Å². The molecule has 2 aliphatic rings. The van der Waals surface area contributed by atoms with Gasteiger partial charge in [0.25, 0.3) is 5.91 Å². The van der Waals surface area contributed by atoms with E-state index in [4.69, 9.17) is 15.4 Å². The normalized spacial score (nSPS) is 26.8. The average molecular weight is 514 g/mol. The van der Waals surface area contributed by atoms with Crippen LogP contribution < -0.4 is 5.32 Å². The summed E-state index contributed by atoms with van der Waals surface area (Å²) >= 11 is 0. The minimum absolute atomic E-state index is 0.0111. The van der Waals surface area contributed by atoms with E-state index in [9.17, 15) is 4.79 Å². The van der Waals surface area contributed by atoms with Crippen LogP contribution in [0.25, 0.3) is 11.2 Å². The lowest BCUT2D eigenvalue weighted by molar-refractivity contribution is -0.164. The number of anilines is 1. The third-order valence-electron chi connectivity index (χ3n) is 6.52. The van der Waals surface area contributed by atoms with Gasteiger partial charge in [0.05, 0.1) is 12.9 Å². The zero-order chi connectivity index (χ0) is 26.3. The summed E-state index contributed by atoms with van der Waals surface area (Å²) < 4.78 is 31.7. The maximum Gasteiger partial charge on any atom is 0.256 e. The van der Waals surface area contributed by atoms with Crippen molar-refractivity contribution in [3.05, 3.63) is 48.5 Å². The van der Waals surface area contributed by atoms with Gasteiger partial charge in [0, 0.05) is 19.0 Å². The molecule has 1 amide bonds. The van der Waals surface area contributed by atoms with Gasteiger partial charge in [-0.15, -0.1) is 0 Å². The predicted molar refractivity (Wildman–Crippen MR) is 138 cm³/mol. The SMILES string of the molecule is [2H]C[C@@]12CO[C@@H](C1OP(C)N(C(C)C)C(C)C)[C@H](n1cnc3c(NC(=O)c4ccccc4)ncnc31)O2. The van der Waals surface area contributed by atoms with Crippen molar-refractivity contribution in [3.8, 4) is 0 Å². The first-order valence-corrected chi connectivity index (χ1v) is 13.7. The van der Waals surface area contributed by atoms with E-state index in [-0.39, 0.29) is 12.8 Å². The Hall–Kier alpha value is -2.49. The summed E-state index contributed by atoms with van der Waals surface area (Å²) in [5, 5.41) is 2.83. The Labute approximate surface area is 213 Å². The summed E-state index contributed by atoms with van der Waals surface area (Å²) in [5.41, 5.74) is 0.588. The fraction of sp³-hybridized carbons (Fsp3) is 0.520. The van der Waals surface area contributed by atoms with E-state index in [0.717, 1.165) is 0 Å². The molecule has 0 aliphatic carbocycles. The number of amides is 1. The topological polar surface area (TPSA) is 104 Å². The quantitative estimate of drug-likeness (QED) is 0.447. The maximum absolute atomic E-state index is 12.7. The minimum Gasteiger partial charge on any atom is -0.368 e. The van der Waals surface area contributed by atoms with E-state index >= 15 is 0 Å². The van der Waals surface area contributed by atoms with Crippen molar-refractivity contribution in [2.24, 2.45) is 0 Å². The minimum atomic E-state index is -0.941. The van der Waals surface area contributed by atoms with Crippen molar-refractivity contribution in [3.63, 3.8) is 0 Å².